The SMILES string of the molecule is NC1C(C=O)NC2C=CC=CC21. The third kappa shape index (κ3) is 1.02. The highest BCUT2D eigenvalue weighted by Gasteiger charge is 2.38. The molecule has 1 fully saturated rings. The van der Waals surface area contributed by atoms with Gasteiger partial charge in [-0.1, -0.05) is 24.3 Å². The van der Waals surface area contributed by atoms with E-state index < -0.39 is 0 Å². The van der Waals surface area contributed by atoms with Gasteiger partial charge in [0.15, 0.2) is 0 Å². The highest BCUT2D eigenvalue weighted by Crippen LogP contribution is 2.23. The lowest BCUT2D eigenvalue weighted by Crippen LogP contribution is -2.39. The Balaban J connectivity index is 2.20. The van der Waals surface area contributed by atoms with Crippen molar-refractivity contribution in [3.05, 3.63) is 24.3 Å². The second-order valence-corrected chi connectivity index (χ2v) is 3.28. The molecule has 4 unspecified atom stereocenters. The van der Waals surface area contributed by atoms with Crippen molar-refractivity contribution >= 4 is 6.29 Å². The van der Waals surface area contributed by atoms with Crippen molar-refractivity contribution in [1.29, 1.82) is 0 Å². The fourth-order valence-corrected chi connectivity index (χ4v) is 1.86. The molecule has 0 spiro atoms. The van der Waals surface area contributed by atoms with E-state index in [4.69, 9.17) is 5.73 Å². The van der Waals surface area contributed by atoms with Crippen LogP contribution >= 0.6 is 0 Å². The van der Waals surface area contributed by atoms with E-state index in [-0.39, 0.29) is 24.0 Å². The van der Waals surface area contributed by atoms with Crippen molar-refractivity contribution in [3.63, 3.8) is 0 Å². The second kappa shape index (κ2) is 2.84. The lowest BCUT2D eigenvalue weighted by Gasteiger charge is -2.17. The molecule has 3 nitrogen and oxygen atoms in total. The first-order chi connectivity index (χ1) is 5.83. The van der Waals surface area contributed by atoms with Gasteiger partial charge in [-0.2, -0.15) is 0 Å². The molecule has 4 atom stereocenters. The van der Waals surface area contributed by atoms with Crippen molar-refractivity contribution < 1.29 is 4.79 Å². The fraction of sp³-hybridized carbons (Fsp3) is 0.444. The number of hydrogen-bond acceptors (Lipinski definition) is 3. The number of fused-ring (bicyclic) bond motifs is 1. The van der Waals surface area contributed by atoms with Crippen LogP contribution in [0.15, 0.2) is 24.3 Å². The van der Waals surface area contributed by atoms with E-state index >= 15 is 0 Å². The molecule has 0 amide bonds. The first-order valence-corrected chi connectivity index (χ1v) is 4.15. The molecule has 2 aliphatic rings. The van der Waals surface area contributed by atoms with E-state index in [1.54, 1.807) is 0 Å². The Morgan fingerprint density at radius 1 is 1.33 bits per heavy atom. The maximum Gasteiger partial charge on any atom is 0.138 e. The summed E-state index contributed by atoms with van der Waals surface area (Å²) in [4.78, 5) is 10.6. The quantitative estimate of drug-likeness (QED) is 0.518. The van der Waals surface area contributed by atoms with Gasteiger partial charge in [-0.15, -0.1) is 0 Å². The van der Waals surface area contributed by atoms with Crippen LogP contribution in [0.4, 0.5) is 0 Å². The monoisotopic (exact) mass is 164 g/mol. The summed E-state index contributed by atoms with van der Waals surface area (Å²) in [5.41, 5.74) is 5.87. The summed E-state index contributed by atoms with van der Waals surface area (Å²) in [5.74, 6) is 0.283. The summed E-state index contributed by atoms with van der Waals surface area (Å²) in [5, 5.41) is 3.16. The largest absolute Gasteiger partial charge is 0.325 e. The molecule has 0 saturated carbocycles. The van der Waals surface area contributed by atoms with Crippen molar-refractivity contribution in [3.8, 4) is 0 Å². The van der Waals surface area contributed by atoms with E-state index in [9.17, 15) is 4.79 Å². The first-order valence-electron chi connectivity index (χ1n) is 4.15. The van der Waals surface area contributed by atoms with Gasteiger partial charge in [0.05, 0.1) is 6.04 Å². The molecule has 3 N–H and O–H groups in total. The zero-order chi connectivity index (χ0) is 8.55. The molecular weight excluding hydrogens is 152 g/mol. The third-order valence-corrected chi connectivity index (χ3v) is 2.57. The molecule has 1 aliphatic carbocycles. The summed E-state index contributed by atoms with van der Waals surface area (Å²) in [6.45, 7) is 0. The van der Waals surface area contributed by atoms with Crippen LogP contribution < -0.4 is 11.1 Å². The molecule has 3 heteroatoms. The number of nitrogens with one attached hydrogen (secondary N) is 1. The topological polar surface area (TPSA) is 55.1 Å². The highest BCUT2D eigenvalue weighted by atomic mass is 16.1. The van der Waals surface area contributed by atoms with Gasteiger partial charge >= 0.3 is 0 Å². The van der Waals surface area contributed by atoms with Crippen molar-refractivity contribution in [1.82, 2.24) is 5.32 Å². The van der Waals surface area contributed by atoms with Gasteiger partial charge in [0, 0.05) is 18.0 Å². The minimum atomic E-state index is -0.188. The molecule has 64 valence electrons. The van der Waals surface area contributed by atoms with Gasteiger partial charge in [-0.05, 0) is 0 Å². The molecule has 0 bridgehead atoms. The number of hydrogen-bond donors (Lipinski definition) is 2. The fourth-order valence-electron chi connectivity index (χ4n) is 1.86. The zero-order valence-electron chi connectivity index (χ0n) is 6.68. The molecule has 0 aromatic rings. The van der Waals surface area contributed by atoms with Crippen molar-refractivity contribution in [2.75, 3.05) is 0 Å². The molecule has 2 rings (SSSR count). The molecule has 0 aromatic carbocycles. The highest BCUT2D eigenvalue weighted by molar-refractivity contribution is 5.61. The maximum atomic E-state index is 10.6. The number of allylic oxidation sites excluding steroid dienone is 2. The molecule has 1 aliphatic heterocycles. The van der Waals surface area contributed by atoms with E-state index in [0.29, 0.717) is 0 Å². The number of rotatable bonds is 1. The predicted molar refractivity (Wildman–Crippen MR) is 46.5 cm³/mol. The van der Waals surface area contributed by atoms with Gasteiger partial charge in [0.1, 0.15) is 6.29 Å². The van der Waals surface area contributed by atoms with Crippen LogP contribution in [-0.2, 0) is 4.79 Å². The molecule has 1 saturated heterocycles. The average Bonchev–Trinajstić information content (AvgIpc) is 2.44. The summed E-state index contributed by atoms with van der Waals surface area (Å²) in [6, 6.07) is -0.0127. The molecule has 1 heterocycles. The Labute approximate surface area is 71.3 Å². The summed E-state index contributed by atoms with van der Waals surface area (Å²) < 4.78 is 0. The van der Waals surface area contributed by atoms with Crippen LogP contribution in [0.3, 0.4) is 0 Å². The van der Waals surface area contributed by atoms with E-state index in [0.717, 1.165) is 6.29 Å². The number of nitrogens with two attached hydrogens (primary N) is 1. The minimum absolute atomic E-state index is 0.0753. The third-order valence-electron chi connectivity index (χ3n) is 2.57. The molecular formula is C9H12N2O. The van der Waals surface area contributed by atoms with Crippen LogP contribution in [0.25, 0.3) is 0 Å². The number of carbonyl (C=O) groups excluding carboxylic acids is 1. The van der Waals surface area contributed by atoms with E-state index in [1.165, 1.54) is 0 Å². The number of carbonyl (C=O) groups is 1. The van der Waals surface area contributed by atoms with Gasteiger partial charge in [-0.25, -0.2) is 0 Å². The van der Waals surface area contributed by atoms with E-state index in [1.807, 2.05) is 18.2 Å². The Hall–Kier alpha value is -0.930. The van der Waals surface area contributed by atoms with E-state index in [2.05, 4.69) is 11.4 Å². The minimum Gasteiger partial charge on any atom is -0.325 e. The Morgan fingerprint density at radius 3 is 2.75 bits per heavy atom. The van der Waals surface area contributed by atoms with Crippen LogP contribution in [0.5, 0.6) is 0 Å². The second-order valence-electron chi connectivity index (χ2n) is 3.28. The number of aldehydes is 1. The van der Waals surface area contributed by atoms with Crippen LogP contribution in [0.2, 0.25) is 0 Å². The van der Waals surface area contributed by atoms with Gasteiger partial charge in [0.2, 0.25) is 0 Å². The molecule has 0 aromatic heterocycles. The lowest BCUT2D eigenvalue weighted by atomic mass is 9.91. The maximum absolute atomic E-state index is 10.6. The average molecular weight is 164 g/mol. The van der Waals surface area contributed by atoms with Crippen molar-refractivity contribution in [2.24, 2.45) is 11.7 Å². The Bertz CT molecular complexity index is 247. The van der Waals surface area contributed by atoms with Gasteiger partial charge < -0.3 is 10.5 Å². The van der Waals surface area contributed by atoms with Crippen LogP contribution in [-0.4, -0.2) is 24.4 Å². The van der Waals surface area contributed by atoms with Gasteiger partial charge in [-0.3, -0.25) is 5.32 Å². The normalized spacial score (nSPS) is 44.4. The molecule has 12 heavy (non-hydrogen) atoms. The van der Waals surface area contributed by atoms with Gasteiger partial charge in [0.25, 0.3) is 0 Å². The Kier molecular flexibility index (Phi) is 1.83. The predicted octanol–water partition coefficient (Wildman–Crippen LogP) is -0.405. The Morgan fingerprint density at radius 2 is 2.08 bits per heavy atom. The smallest absolute Gasteiger partial charge is 0.138 e. The van der Waals surface area contributed by atoms with Crippen LogP contribution in [0, 0.1) is 5.92 Å². The summed E-state index contributed by atoms with van der Waals surface area (Å²) >= 11 is 0. The lowest BCUT2D eigenvalue weighted by molar-refractivity contribution is -0.109. The van der Waals surface area contributed by atoms with Crippen LogP contribution in [0.1, 0.15) is 0 Å². The summed E-state index contributed by atoms with van der Waals surface area (Å²) in [6.07, 6.45) is 8.97. The van der Waals surface area contributed by atoms with Crippen molar-refractivity contribution in [2.45, 2.75) is 18.1 Å². The standard InChI is InChI=1S/C9H12N2O/c10-9-6-3-1-2-4-7(6)11-8(9)5-12/h1-9,11H,10H2. The summed E-state index contributed by atoms with van der Waals surface area (Å²) in [7, 11) is 0. The zero-order valence-corrected chi connectivity index (χ0v) is 6.68. The molecule has 0 radical (unpaired) electrons. The first kappa shape index (κ1) is 7.71.